The number of nitrogens with zero attached hydrogens (tertiary/aromatic N) is 1. The topological polar surface area (TPSA) is 50.8 Å². The van der Waals surface area contributed by atoms with Gasteiger partial charge in [0.2, 0.25) is 0 Å². The molecule has 1 fully saturated rings. The summed E-state index contributed by atoms with van der Waals surface area (Å²) < 4.78 is 10.7. The predicted molar refractivity (Wildman–Crippen MR) is 107 cm³/mol. The fraction of sp³-hybridized carbons (Fsp3) is 0.350. The summed E-state index contributed by atoms with van der Waals surface area (Å²) in [6.45, 7) is 3.46. The van der Waals surface area contributed by atoms with E-state index >= 15 is 0 Å². The lowest BCUT2D eigenvalue weighted by atomic mass is 10.0. The van der Waals surface area contributed by atoms with Gasteiger partial charge in [-0.2, -0.15) is 0 Å². The number of hydrogen-bond acceptors (Lipinski definition) is 4. The number of rotatable bonds is 6. The summed E-state index contributed by atoms with van der Waals surface area (Å²) in [5, 5.41) is 3.84. The number of ether oxygens (including phenoxy) is 2. The summed E-state index contributed by atoms with van der Waals surface area (Å²) in [5.74, 6) is 0.583. The number of methoxy groups -OCH3 is 1. The minimum Gasteiger partial charge on any atom is -0.497 e. The zero-order valence-electron chi connectivity index (χ0n) is 15.1. The summed E-state index contributed by atoms with van der Waals surface area (Å²) in [6.07, 6.45) is 0. The minimum absolute atomic E-state index is 0.0369. The van der Waals surface area contributed by atoms with Crippen molar-refractivity contribution in [3.05, 3.63) is 63.6 Å². The van der Waals surface area contributed by atoms with E-state index in [1.807, 2.05) is 24.3 Å². The molecule has 1 aliphatic rings. The second-order valence-electron chi connectivity index (χ2n) is 6.27. The Kier molecular flexibility index (Phi) is 6.96. The Bertz CT molecular complexity index is 777. The molecule has 1 saturated heterocycles. The molecule has 3 rings (SSSR count). The van der Waals surface area contributed by atoms with Crippen LogP contribution in [0.15, 0.2) is 42.5 Å². The molecule has 144 valence electrons. The van der Waals surface area contributed by atoms with Crippen LogP contribution in [0.5, 0.6) is 5.75 Å². The molecular weight excluding hydrogens is 387 g/mol. The van der Waals surface area contributed by atoms with Gasteiger partial charge in [-0.1, -0.05) is 35.3 Å². The van der Waals surface area contributed by atoms with Crippen LogP contribution in [0.2, 0.25) is 10.0 Å². The number of amides is 1. The molecule has 0 saturated carbocycles. The van der Waals surface area contributed by atoms with Crippen LogP contribution in [0.4, 0.5) is 0 Å². The Labute approximate surface area is 169 Å². The van der Waals surface area contributed by atoms with E-state index in [-0.39, 0.29) is 11.9 Å². The van der Waals surface area contributed by atoms with Gasteiger partial charge in [-0.3, -0.25) is 9.69 Å². The summed E-state index contributed by atoms with van der Waals surface area (Å²) >= 11 is 12.1. The van der Waals surface area contributed by atoms with E-state index in [0.29, 0.717) is 35.4 Å². The number of halogens is 2. The van der Waals surface area contributed by atoms with E-state index in [0.717, 1.165) is 24.4 Å². The van der Waals surface area contributed by atoms with Crippen LogP contribution in [-0.4, -0.2) is 50.8 Å². The van der Waals surface area contributed by atoms with Crippen molar-refractivity contribution in [2.24, 2.45) is 0 Å². The van der Waals surface area contributed by atoms with Gasteiger partial charge in [0.15, 0.2) is 0 Å². The third-order valence-corrected chi connectivity index (χ3v) is 5.17. The predicted octanol–water partition coefficient (Wildman–Crippen LogP) is 3.81. The third kappa shape index (κ3) is 5.14. The second kappa shape index (κ2) is 9.42. The van der Waals surface area contributed by atoms with Gasteiger partial charge in [-0.05, 0) is 35.9 Å². The van der Waals surface area contributed by atoms with Gasteiger partial charge in [0, 0.05) is 24.7 Å². The molecule has 1 atom stereocenters. The van der Waals surface area contributed by atoms with Crippen molar-refractivity contribution in [1.29, 1.82) is 0 Å². The Hall–Kier alpha value is -1.79. The quantitative estimate of drug-likeness (QED) is 0.789. The van der Waals surface area contributed by atoms with Crippen molar-refractivity contribution in [3.63, 3.8) is 0 Å². The van der Waals surface area contributed by atoms with Gasteiger partial charge in [-0.15, -0.1) is 0 Å². The normalized spacial score (nSPS) is 16.0. The molecule has 0 bridgehead atoms. The molecule has 1 amide bonds. The van der Waals surface area contributed by atoms with E-state index < -0.39 is 0 Å². The highest BCUT2D eigenvalue weighted by atomic mass is 35.5. The standard InChI is InChI=1S/C20H22Cl2N2O3/c1-26-16-5-2-14(3-6-16)19(24-8-10-27-11-9-24)13-23-20(25)17-7-4-15(21)12-18(17)22/h2-7,12,19H,8-11,13H2,1H3,(H,23,25). The maximum Gasteiger partial charge on any atom is 0.252 e. The van der Waals surface area contributed by atoms with Crippen LogP contribution >= 0.6 is 23.2 Å². The first kappa shape index (κ1) is 20.0. The van der Waals surface area contributed by atoms with Crippen molar-refractivity contribution < 1.29 is 14.3 Å². The first-order valence-electron chi connectivity index (χ1n) is 8.77. The van der Waals surface area contributed by atoms with Gasteiger partial charge in [0.1, 0.15) is 5.75 Å². The Balaban J connectivity index is 1.75. The van der Waals surface area contributed by atoms with Crippen LogP contribution in [-0.2, 0) is 4.74 Å². The van der Waals surface area contributed by atoms with Crippen LogP contribution in [0.1, 0.15) is 22.0 Å². The van der Waals surface area contributed by atoms with Gasteiger partial charge < -0.3 is 14.8 Å². The third-order valence-electron chi connectivity index (χ3n) is 4.62. The van der Waals surface area contributed by atoms with E-state index in [1.165, 1.54) is 0 Å². The Morgan fingerprint density at radius 2 is 1.89 bits per heavy atom. The number of carbonyl (C=O) groups is 1. The lowest BCUT2D eigenvalue weighted by molar-refractivity contribution is 0.0162. The monoisotopic (exact) mass is 408 g/mol. The van der Waals surface area contributed by atoms with Crippen molar-refractivity contribution in [1.82, 2.24) is 10.2 Å². The number of hydrogen-bond donors (Lipinski definition) is 1. The molecule has 0 spiro atoms. The molecule has 0 aliphatic carbocycles. The molecule has 1 N–H and O–H groups in total. The molecule has 5 nitrogen and oxygen atoms in total. The molecule has 1 heterocycles. The van der Waals surface area contributed by atoms with Crippen molar-refractivity contribution >= 4 is 29.1 Å². The fourth-order valence-corrected chi connectivity index (χ4v) is 3.63. The van der Waals surface area contributed by atoms with E-state index in [9.17, 15) is 4.79 Å². The number of nitrogens with one attached hydrogen (secondary N) is 1. The van der Waals surface area contributed by atoms with Crippen LogP contribution in [0, 0.1) is 0 Å². The zero-order valence-corrected chi connectivity index (χ0v) is 16.6. The highest BCUT2D eigenvalue weighted by Crippen LogP contribution is 2.25. The summed E-state index contributed by atoms with van der Waals surface area (Å²) in [6, 6.07) is 12.8. The number of carbonyl (C=O) groups excluding carboxylic acids is 1. The largest absolute Gasteiger partial charge is 0.497 e. The summed E-state index contributed by atoms with van der Waals surface area (Å²) in [4.78, 5) is 14.9. The average molecular weight is 409 g/mol. The number of benzene rings is 2. The van der Waals surface area contributed by atoms with E-state index in [1.54, 1.807) is 25.3 Å². The molecule has 7 heteroatoms. The first-order chi connectivity index (χ1) is 13.1. The van der Waals surface area contributed by atoms with Crippen LogP contribution in [0.3, 0.4) is 0 Å². The van der Waals surface area contributed by atoms with E-state index in [4.69, 9.17) is 32.7 Å². The van der Waals surface area contributed by atoms with Crippen molar-refractivity contribution in [3.8, 4) is 5.75 Å². The van der Waals surface area contributed by atoms with Gasteiger partial charge in [0.25, 0.3) is 5.91 Å². The van der Waals surface area contributed by atoms with Crippen molar-refractivity contribution in [2.45, 2.75) is 6.04 Å². The highest BCUT2D eigenvalue weighted by molar-refractivity contribution is 6.36. The average Bonchev–Trinajstić information content (AvgIpc) is 2.69. The maximum absolute atomic E-state index is 12.6. The first-order valence-corrected chi connectivity index (χ1v) is 9.53. The highest BCUT2D eigenvalue weighted by Gasteiger charge is 2.24. The maximum atomic E-state index is 12.6. The fourth-order valence-electron chi connectivity index (χ4n) is 3.13. The molecular formula is C20H22Cl2N2O3. The zero-order chi connectivity index (χ0) is 19.2. The minimum atomic E-state index is -0.219. The molecule has 1 unspecified atom stereocenters. The van der Waals surface area contributed by atoms with Gasteiger partial charge in [0.05, 0.1) is 37.0 Å². The van der Waals surface area contributed by atoms with Gasteiger partial charge in [-0.25, -0.2) is 0 Å². The SMILES string of the molecule is COc1ccc(C(CNC(=O)c2ccc(Cl)cc2Cl)N2CCOCC2)cc1. The van der Waals surface area contributed by atoms with E-state index in [2.05, 4.69) is 10.2 Å². The molecule has 1 aliphatic heterocycles. The lowest BCUT2D eigenvalue weighted by Crippen LogP contribution is -2.43. The number of morpholine rings is 1. The van der Waals surface area contributed by atoms with Crippen molar-refractivity contribution in [2.75, 3.05) is 40.0 Å². The van der Waals surface area contributed by atoms with Crippen LogP contribution < -0.4 is 10.1 Å². The lowest BCUT2D eigenvalue weighted by Gasteiger charge is -2.35. The molecule has 0 radical (unpaired) electrons. The van der Waals surface area contributed by atoms with Gasteiger partial charge >= 0.3 is 0 Å². The summed E-state index contributed by atoms with van der Waals surface area (Å²) in [5.41, 5.74) is 1.52. The second-order valence-corrected chi connectivity index (χ2v) is 7.12. The Morgan fingerprint density at radius 1 is 1.19 bits per heavy atom. The smallest absolute Gasteiger partial charge is 0.252 e. The molecule has 2 aromatic rings. The molecule has 27 heavy (non-hydrogen) atoms. The van der Waals surface area contributed by atoms with Crippen LogP contribution in [0.25, 0.3) is 0 Å². The molecule has 2 aromatic carbocycles. The molecule has 0 aromatic heterocycles. The summed E-state index contributed by atoms with van der Waals surface area (Å²) in [7, 11) is 1.64. The Morgan fingerprint density at radius 3 is 2.52 bits per heavy atom.